The van der Waals surface area contributed by atoms with E-state index in [-0.39, 0.29) is 23.0 Å². The van der Waals surface area contributed by atoms with E-state index in [1.807, 2.05) is 0 Å². The van der Waals surface area contributed by atoms with Gasteiger partial charge < -0.3 is 9.80 Å². The van der Waals surface area contributed by atoms with Crippen molar-refractivity contribution in [1.82, 2.24) is 9.80 Å². The van der Waals surface area contributed by atoms with Crippen molar-refractivity contribution in [2.24, 2.45) is 5.92 Å². The molecule has 1 aromatic carbocycles. The van der Waals surface area contributed by atoms with Gasteiger partial charge in [-0.25, -0.2) is 12.8 Å². The van der Waals surface area contributed by atoms with Gasteiger partial charge in [0.25, 0.3) is 5.91 Å². The molecule has 136 valence electrons. The molecule has 2 aliphatic heterocycles. The third-order valence-corrected chi connectivity index (χ3v) is 6.88. The summed E-state index contributed by atoms with van der Waals surface area (Å²) in [6.07, 6.45) is 0.365. The van der Waals surface area contributed by atoms with Crippen molar-refractivity contribution in [2.75, 3.05) is 37.7 Å². The molecule has 3 rings (SSSR count). The molecule has 2 amide bonds. The summed E-state index contributed by atoms with van der Waals surface area (Å²) in [5.74, 6) is -1.66. The molecule has 0 radical (unpaired) electrons. The van der Waals surface area contributed by atoms with Gasteiger partial charge in [-0.1, -0.05) is 15.9 Å². The van der Waals surface area contributed by atoms with E-state index in [9.17, 15) is 22.4 Å². The van der Waals surface area contributed by atoms with Gasteiger partial charge in [-0.15, -0.1) is 0 Å². The number of halogens is 2. The lowest BCUT2D eigenvalue weighted by Gasteiger charge is -2.36. The van der Waals surface area contributed by atoms with Crippen LogP contribution in [0.5, 0.6) is 0 Å². The van der Waals surface area contributed by atoms with Crippen molar-refractivity contribution < 1.29 is 22.4 Å². The van der Waals surface area contributed by atoms with Gasteiger partial charge in [-0.05, 0) is 24.6 Å². The molecule has 6 nitrogen and oxygen atoms in total. The third-order valence-electron chi connectivity index (χ3n) is 4.62. The highest BCUT2D eigenvalue weighted by molar-refractivity contribution is 9.10. The van der Waals surface area contributed by atoms with Gasteiger partial charge >= 0.3 is 0 Å². The fourth-order valence-corrected chi connectivity index (χ4v) is 5.30. The quantitative estimate of drug-likeness (QED) is 0.705. The van der Waals surface area contributed by atoms with Crippen LogP contribution >= 0.6 is 15.9 Å². The number of nitrogens with zero attached hydrogens (tertiary/aromatic N) is 2. The minimum atomic E-state index is -3.11. The zero-order chi connectivity index (χ0) is 18.2. The topological polar surface area (TPSA) is 74.8 Å². The number of rotatable bonds is 2. The van der Waals surface area contributed by atoms with E-state index in [0.717, 1.165) is 0 Å². The summed E-state index contributed by atoms with van der Waals surface area (Å²) in [7, 11) is -3.11. The predicted molar refractivity (Wildman–Crippen MR) is 93.3 cm³/mol. The van der Waals surface area contributed by atoms with Gasteiger partial charge in [-0.2, -0.15) is 0 Å². The molecule has 0 saturated carbocycles. The Morgan fingerprint density at radius 2 is 1.76 bits per heavy atom. The van der Waals surface area contributed by atoms with Crippen molar-refractivity contribution >= 4 is 37.6 Å². The van der Waals surface area contributed by atoms with Gasteiger partial charge in [-0.3, -0.25) is 9.59 Å². The van der Waals surface area contributed by atoms with Crippen molar-refractivity contribution in [1.29, 1.82) is 0 Å². The number of hydrogen-bond acceptors (Lipinski definition) is 4. The van der Waals surface area contributed by atoms with Crippen LogP contribution in [0.1, 0.15) is 16.8 Å². The number of sulfone groups is 1. The van der Waals surface area contributed by atoms with Crippen LogP contribution in [-0.2, 0) is 14.6 Å². The summed E-state index contributed by atoms with van der Waals surface area (Å²) in [5.41, 5.74) is -0.00367. The van der Waals surface area contributed by atoms with E-state index < -0.39 is 27.5 Å². The predicted octanol–water partition coefficient (Wildman–Crippen LogP) is 1.31. The first-order chi connectivity index (χ1) is 11.8. The van der Waals surface area contributed by atoms with Gasteiger partial charge in [0.15, 0.2) is 9.84 Å². The van der Waals surface area contributed by atoms with Crippen molar-refractivity contribution in [3.8, 4) is 0 Å². The van der Waals surface area contributed by atoms with E-state index in [1.54, 1.807) is 4.90 Å². The molecule has 1 unspecified atom stereocenters. The molecule has 0 aromatic heterocycles. The second kappa shape index (κ2) is 7.03. The largest absolute Gasteiger partial charge is 0.339 e. The normalized spacial score (nSPS) is 22.9. The summed E-state index contributed by atoms with van der Waals surface area (Å²) in [6.45, 7) is 1.26. The molecule has 0 aliphatic carbocycles. The first-order valence-corrected chi connectivity index (χ1v) is 10.6. The van der Waals surface area contributed by atoms with E-state index >= 15 is 0 Å². The summed E-state index contributed by atoms with van der Waals surface area (Å²) >= 11 is 3.22. The first-order valence-electron chi connectivity index (χ1n) is 8.00. The van der Waals surface area contributed by atoms with E-state index in [4.69, 9.17) is 0 Å². The lowest BCUT2D eigenvalue weighted by atomic mass is 10.1. The highest BCUT2D eigenvalue weighted by Gasteiger charge is 2.36. The summed E-state index contributed by atoms with van der Waals surface area (Å²) in [6, 6.07) is 4.20. The van der Waals surface area contributed by atoms with Crippen LogP contribution in [0.3, 0.4) is 0 Å². The number of carbonyl (C=O) groups excluding carboxylic acids is 2. The monoisotopic (exact) mass is 432 g/mol. The van der Waals surface area contributed by atoms with Crippen LogP contribution in [0.15, 0.2) is 22.7 Å². The number of benzene rings is 1. The Balaban J connectivity index is 1.61. The lowest BCUT2D eigenvalue weighted by Crippen LogP contribution is -2.52. The summed E-state index contributed by atoms with van der Waals surface area (Å²) in [4.78, 5) is 28.0. The second-order valence-corrected chi connectivity index (χ2v) is 9.49. The Bertz CT molecular complexity index is 806. The van der Waals surface area contributed by atoms with Crippen LogP contribution in [0, 0.1) is 11.7 Å². The van der Waals surface area contributed by atoms with E-state index in [2.05, 4.69) is 15.9 Å². The number of amides is 2. The molecule has 2 fully saturated rings. The fraction of sp³-hybridized carbons (Fsp3) is 0.500. The SMILES string of the molecule is O=C(c1cc(Br)ccc1F)N1CCN(C(=O)C2CCS(=O)(=O)C2)CC1. The zero-order valence-corrected chi connectivity index (χ0v) is 15.9. The minimum absolute atomic E-state index is 0.00367. The standard InChI is InChI=1S/C16H18BrFN2O4S/c17-12-1-2-14(18)13(9-12)16(22)20-6-4-19(5-7-20)15(21)11-3-8-25(23,24)10-11/h1-2,9,11H,3-8,10H2. The van der Waals surface area contributed by atoms with Crippen molar-refractivity contribution in [2.45, 2.75) is 6.42 Å². The van der Waals surface area contributed by atoms with Crippen LogP contribution < -0.4 is 0 Å². The maximum Gasteiger partial charge on any atom is 0.256 e. The Morgan fingerprint density at radius 1 is 1.12 bits per heavy atom. The third kappa shape index (κ3) is 4.03. The molecule has 2 aliphatic rings. The molecule has 2 saturated heterocycles. The van der Waals surface area contributed by atoms with Crippen LogP contribution in [0.4, 0.5) is 4.39 Å². The minimum Gasteiger partial charge on any atom is -0.339 e. The highest BCUT2D eigenvalue weighted by atomic mass is 79.9. The number of carbonyl (C=O) groups is 2. The molecule has 1 aromatic rings. The van der Waals surface area contributed by atoms with Crippen LogP contribution in [-0.4, -0.2) is 67.7 Å². The molecule has 1 atom stereocenters. The summed E-state index contributed by atoms with van der Waals surface area (Å²) in [5, 5.41) is 0. The first kappa shape index (κ1) is 18.3. The van der Waals surface area contributed by atoms with Gasteiger partial charge in [0.1, 0.15) is 5.82 Å². The maximum atomic E-state index is 13.9. The molecule has 0 bridgehead atoms. The fourth-order valence-electron chi connectivity index (χ4n) is 3.21. The van der Waals surface area contributed by atoms with Gasteiger partial charge in [0.05, 0.1) is 23.0 Å². The summed E-state index contributed by atoms with van der Waals surface area (Å²) < 4.78 is 37.5. The lowest BCUT2D eigenvalue weighted by molar-refractivity contribution is -0.136. The van der Waals surface area contributed by atoms with Crippen molar-refractivity contribution in [3.05, 3.63) is 34.1 Å². The van der Waals surface area contributed by atoms with Crippen LogP contribution in [0.2, 0.25) is 0 Å². The second-order valence-electron chi connectivity index (χ2n) is 6.34. The highest BCUT2D eigenvalue weighted by Crippen LogP contribution is 2.22. The average molecular weight is 433 g/mol. The molecule has 25 heavy (non-hydrogen) atoms. The molecule has 0 N–H and O–H groups in total. The Hall–Kier alpha value is -1.48. The van der Waals surface area contributed by atoms with E-state index in [0.29, 0.717) is 37.1 Å². The molecule has 2 heterocycles. The van der Waals surface area contributed by atoms with Crippen molar-refractivity contribution in [3.63, 3.8) is 0 Å². The Labute approximate surface area is 154 Å². The maximum absolute atomic E-state index is 13.9. The van der Waals surface area contributed by atoms with E-state index in [1.165, 1.54) is 23.1 Å². The Morgan fingerprint density at radius 3 is 2.36 bits per heavy atom. The smallest absolute Gasteiger partial charge is 0.256 e. The van der Waals surface area contributed by atoms with Gasteiger partial charge in [0, 0.05) is 30.7 Å². The number of hydrogen-bond donors (Lipinski definition) is 0. The molecule has 0 spiro atoms. The number of piperazine rings is 1. The Kier molecular flexibility index (Phi) is 5.15. The molecular weight excluding hydrogens is 415 g/mol. The van der Waals surface area contributed by atoms with Crippen LogP contribution in [0.25, 0.3) is 0 Å². The van der Waals surface area contributed by atoms with Gasteiger partial charge in [0.2, 0.25) is 5.91 Å². The zero-order valence-electron chi connectivity index (χ0n) is 13.5. The molecular formula is C16H18BrFN2O4S. The molecule has 9 heteroatoms. The average Bonchev–Trinajstić information content (AvgIpc) is 2.96.